The zero-order chi connectivity index (χ0) is 17.5. The van der Waals surface area contributed by atoms with E-state index in [9.17, 15) is 9.90 Å². The minimum Gasteiger partial charge on any atom is -0.486 e. The van der Waals surface area contributed by atoms with Crippen LogP contribution in [-0.2, 0) is 6.61 Å². The van der Waals surface area contributed by atoms with Crippen molar-refractivity contribution < 1.29 is 23.0 Å². The van der Waals surface area contributed by atoms with Crippen LogP contribution in [0.1, 0.15) is 21.6 Å². The Bertz CT molecular complexity index is 718. The fourth-order valence-corrected chi connectivity index (χ4v) is 3.55. The van der Waals surface area contributed by atoms with E-state index in [-0.39, 0.29) is 23.7 Å². The van der Waals surface area contributed by atoms with Crippen LogP contribution < -0.4 is 13.1 Å². The molecule has 0 amide bonds. The van der Waals surface area contributed by atoms with Gasteiger partial charge in [-0.2, -0.15) is 0 Å². The highest BCUT2D eigenvalue weighted by Crippen LogP contribution is 2.42. The lowest BCUT2D eigenvalue weighted by atomic mass is 10.1. The fraction of sp³-hybridized carbons (Fsp3) is 0.143. The first kappa shape index (κ1) is 19.7. The second-order valence-corrected chi connectivity index (χ2v) is 7.15. The maximum atomic E-state index is 11.7. The van der Waals surface area contributed by atoms with E-state index in [0.29, 0.717) is 17.0 Å². The number of nitrogens with zero attached hydrogens (tertiary/aromatic N) is 1. The van der Waals surface area contributed by atoms with Crippen molar-refractivity contribution in [2.45, 2.75) is 13.5 Å². The molecule has 0 atom stereocenters. The zero-order valence-corrected chi connectivity index (χ0v) is 18.1. The topological polar surface area (TPSA) is 77.9 Å². The Morgan fingerprint density at radius 1 is 1.25 bits per heavy atom. The Kier molecular flexibility index (Phi) is 8.03. The molecule has 1 N–H and O–H groups in total. The smallest absolute Gasteiger partial charge is 0.343 e. The highest BCUT2D eigenvalue weighted by molar-refractivity contribution is 14.2. The summed E-state index contributed by atoms with van der Waals surface area (Å²) in [4.78, 5) is 15.9. The summed E-state index contributed by atoms with van der Waals surface area (Å²) in [5.74, 6) is -0.278. The molecule has 0 aliphatic carbocycles. The number of aromatic carboxylic acids is 1. The molecule has 1 aromatic carbocycles. The third kappa shape index (κ3) is 4.95. The second kappa shape index (κ2) is 9.77. The number of carboxylic acids is 1. The molecule has 10 heteroatoms. The lowest BCUT2D eigenvalue weighted by Crippen LogP contribution is -2.08. The van der Waals surface area contributed by atoms with Gasteiger partial charge in [0.15, 0.2) is 5.75 Å². The highest BCUT2D eigenvalue weighted by Gasteiger charge is 2.25. The normalized spacial score (nSPS) is 10.3. The van der Waals surface area contributed by atoms with E-state index in [1.165, 1.54) is 0 Å². The van der Waals surface area contributed by atoms with Crippen molar-refractivity contribution in [1.82, 2.24) is 4.98 Å². The largest absolute Gasteiger partial charge is 0.486 e. The molecule has 0 aliphatic heterocycles. The molecule has 2 aromatic rings. The molecule has 0 bridgehead atoms. The van der Waals surface area contributed by atoms with Gasteiger partial charge in [-0.15, -0.1) is 0 Å². The average Bonchev–Trinajstić information content (AvgIpc) is 2.57. The third-order valence-corrected chi connectivity index (χ3v) is 4.56. The molecule has 0 saturated heterocycles. The van der Waals surface area contributed by atoms with E-state index in [1.54, 1.807) is 31.3 Å². The van der Waals surface area contributed by atoms with E-state index < -0.39 is 5.97 Å². The first-order chi connectivity index (χ1) is 11.6. The van der Waals surface area contributed by atoms with Crippen LogP contribution in [0.4, 0.5) is 0 Å². The molecule has 0 unspecified atom stereocenters. The predicted molar refractivity (Wildman–Crippen MR) is 111 cm³/mol. The first-order valence-electron chi connectivity index (χ1n) is 6.42. The monoisotopic (exact) mass is 591 g/mol. The fourth-order valence-electron chi connectivity index (χ4n) is 1.94. The SMILES string of the molecule is Cc1c(OSI)cc(OSI)c(C(=O)O)c1OCc1ccccn1. The molecule has 0 aliphatic rings. The number of carboxylic acid groups (broad SMARTS) is 1. The minimum atomic E-state index is -1.14. The van der Waals surface area contributed by atoms with Crippen molar-refractivity contribution in [1.29, 1.82) is 0 Å². The number of ether oxygens (including phenoxy) is 1. The predicted octanol–water partition coefficient (Wildman–Crippen LogP) is 5.42. The van der Waals surface area contributed by atoms with E-state index in [0.717, 1.165) is 18.4 Å². The molecule has 0 radical (unpaired) electrons. The number of aromatic nitrogens is 1. The summed E-state index contributed by atoms with van der Waals surface area (Å²) in [5, 5.41) is 9.58. The summed E-state index contributed by atoms with van der Waals surface area (Å²) in [6, 6.07) is 6.98. The van der Waals surface area contributed by atoms with Gasteiger partial charge in [0.1, 0.15) is 42.1 Å². The van der Waals surface area contributed by atoms with Crippen LogP contribution in [0, 0.1) is 6.92 Å². The number of halogens is 2. The van der Waals surface area contributed by atoms with Crippen molar-refractivity contribution in [2.24, 2.45) is 0 Å². The standard InChI is InChI=1S/C14H11I2NO5S2/c1-8-10(21-23-15)6-11(22-24-16)12(14(18)19)13(8)20-7-9-4-2-3-5-17-9/h2-6H,7H2,1H3,(H,18,19). The Hall–Kier alpha value is -0.600. The third-order valence-electron chi connectivity index (χ3n) is 2.99. The maximum Gasteiger partial charge on any atom is 0.343 e. The lowest BCUT2D eigenvalue weighted by Gasteiger charge is -2.17. The van der Waals surface area contributed by atoms with Crippen LogP contribution in [0.25, 0.3) is 0 Å². The summed E-state index contributed by atoms with van der Waals surface area (Å²) in [6.07, 6.45) is 1.65. The summed E-state index contributed by atoms with van der Waals surface area (Å²) in [7, 11) is 2.14. The van der Waals surface area contributed by atoms with Crippen molar-refractivity contribution in [3.63, 3.8) is 0 Å². The highest BCUT2D eigenvalue weighted by atomic mass is 127. The number of benzene rings is 1. The van der Waals surface area contributed by atoms with Gasteiger partial charge in [0.05, 0.1) is 5.69 Å². The zero-order valence-electron chi connectivity index (χ0n) is 12.2. The van der Waals surface area contributed by atoms with Gasteiger partial charge in [-0.05, 0) is 19.1 Å². The Labute approximate surface area is 171 Å². The quantitative estimate of drug-likeness (QED) is 0.323. The molecule has 6 nitrogen and oxygen atoms in total. The van der Waals surface area contributed by atoms with Crippen LogP contribution in [0.5, 0.6) is 17.2 Å². The molecular weight excluding hydrogens is 580 g/mol. The molecule has 0 spiro atoms. The molecule has 1 heterocycles. The van der Waals surface area contributed by atoms with Gasteiger partial charge < -0.3 is 18.2 Å². The van der Waals surface area contributed by atoms with Crippen molar-refractivity contribution in [2.75, 3.05) is 0 Å². The summed E-state index contributed by atoms with van der Waals surface area (Å²) < 4.78 is 16.6. The number of rotatable bonds is 8. The maximum absolute atomic E-state index is 11.7. The molecule has 128 valence electrons. The average molecular weight is 591 g/mol. The minimum absolute atomic E-state index is 0.0431. The molecule has 24 heavy (non-hydrogen) atoms. The number of hydrogen-bond donors (Lipinski definition) is 1. The van der Waals surface area contributed by atoms with Gasteiger partial charge in [-0.1, -0.05) is 6.07 Å². The summed E-state index contributed by atoms with van der Waals surface area (Å²) in [5.41, 5.74) is 1.23. The Morgan fingerprint density at radius 2 is 1.96 bits per heavy atom. The Balaban J connectivity index is 2.46. The van der Waals surface area contributed by atoms with E-state index in [1.807, 2.05) is 48.5 Å². The van der Waals surface area contributed by atoms with E-state index in [4.69, 9.17) is 13.1 Å². The van der Waals surface area contributed by atoms with Gasteiger partial charge in [0.25, 0.3) is 0 Å². The number of hydrogen-bond acceptors (Lipinski definition) is 7. The molecule has 2 rings (SSSR count). The first-order valence-corrected chi connectivity index (χ1v) is 13.0. The van der Waals surface area contributed by atoms with Gasteiger partial charge >= 0.3 is 5.97 Å². The van der Waals surface area contributed by atoms with Crippen LogP contribution in [-0.4, -0.2) is 16.1 Å². The van der Waals surface area contributed by atoms with Gasteiger partial charge in [0.2, 0.25) is 0 Å². The summed E-state index contributed by atoms with van der Waals surface area (Å²) in [6.45, 7) is 1.88. The van der Waals surface area contributed by atoms with Crippen LogP contribution in [0.3, 0.4) is 0 Å². The van der Waals surface area contributed by atoms with Crippen molar-refractivity contribution in [3.05, 3.63) is 47.3 Å². The van der Waals surface area contributed by atoms with Crippen molar-refractivity contribution >= 4 is 66.8 Å². The van der Waals surface area contributed by atoms with Crippen molar-refractivity contribution in [3.8, 4) is 17.2 Å². The van der Waals surface area contributed by atoms with Crippen LogP contribution in [0.2, 0.25) is 0 Å². The van der Waals surface area contributed by atoms with Gasteiger partial charge in [-0.3, -0.25) is 4.98 Å². The molecule has 1 aromatic heterocycles. The molecular formula is C14H11I2NO5S2. The second-order valence-electron chi connectivity index (χ2n) is 4.41. The molecule has 0 saturated carbocycles. The van der Waals surface area contributed by atoms with Crippen LogP contribution in [0.15, 0.2) is 30.5 Å². The van der Waals surface area contributed by atoms with Crippen LogP contribution >= 0.6 is 60.8 Å². The number of pyridine rings is 1. The Morgan fingerprint density at radius 3 is 2.54 bits per heavy atom. The number of carbonyl (C=O) groups is 1. The van der Waals surface area contributed by atoms with E-state index in [2.05, 4.69) is 4.98 Å². The van der Waals surface area contributed by atoms with Gasteiger partial charge in [-0.25, -0.2) is 4.79 Å². The summed E-state index contributed by atoms with van der Waals surface area (Å²) >= 11 is 3.90. The molecule has 0 fully saturated rings. The van der Waals surface area contributed by atoms with Gasteiger partial charge in [0, 0.05) is 60.2 Å². The lowest BCUT2D eigenvalue weighted by molar-refractivity contribution is 0.0689. The van der Waals surface area contributed by atoms with E-state index >= 15 is 0 Å².